The molecule has 0 aromatic carbocycles. The van der Waals surface area contributed by atoms with Crippen LogP contribution in [-0.2, 0) is 6.54 Å². The van der Waals surface area contributed by atoms with Crippen LogP contribution in [0.2, 0.25) is 0 Å². The summed E-state index contributed by atoms with van der Waals surface area (Å²) in [6.45, 7) is 0.376. The summed E-state index contributed by atoms with van der Waals surface area (Å²) in [7, 11) is 0. The molecule has 0 aliphatic rings. The van der Waals surface area contributed by atoms with Crippen LogP contribution in [0.15, 0.2) is 22.8 Å². The van der Waals surface area contributed by atoms with E-state index in [1.165, 1.54) is 0 Å². The Hall–Kier alpha value is -1.07. The van der Waals surface area contributed by atoms with E-state index in [1.807, 2.05) is 22.6 Å². The number of nitrogens with two attached hydrogens (primary N) is 2. The number of nitrogens with zero attached hydrogens (tertiary/aromatic N) is 2. The number of hydrogen-bond acceptors (Lipinski definition) is 3. The highest BCUT2D eigenvalue weighted by Crippen LogP contribution is 2.21. The third kappa shape index (κ3) is 1.20. The number of imidazole rings is 1. The zero-order valence-electron chi connectivity index (χ0n) is 6.87. The van der Waals surface area contributed by atoms with Crippen molar-refractivity contribution < 1.29 is 0 Å². The fourth-order valence-corrected chi connectivity index (χ4v) is 1.85. The van der Waals surface area contributed by atoms with Crippen molar-refractivity contribution in [2.24, 2.45) is 5.73 Å². The first-order chi connectivity index (χ1) is 6.24. The lowest BCUT2D eigenvalue weighted by Crippen LogP contribution is -2.05. The molecule has 0 radical (unpaired) electrons. The Morgan fingerprint density at radius 3 is 2.92 bits per heavy atom. The van der Waals surface area contributed by atoms with Gasteiger partial charge in [0, 0.05) is 0 Å². The average Bonchev–Trinajstić information content (AvgIpc) is 2.45. The summed E-state index contributed by atoms with van der Waals surface area (Å²) in [6.07, 6.45) is 0. The molecular formula is C8H9BrN4. The first kappa shape index (κ1) is 8.52. The van der Waals surface area contributed by atoms with Crippen LogP contribution in [0.5, 0.6) is 0 Å². The van der Waals surface area contributed by atoms with Gasteiger partial charge in [-0.1, -0.05) is 6.07 Å². The van der Waals surface area contributed by atoms with Crippen LogP contribution >= 0.6 is 15.9 Å². The third-order valence-electron chi connectivity index (χ3n) is 1.90. The van der Waals surface area contributed by atoms with Crippen LogP contribution in [0, 0.1) is 0 Å². The summed E-state index contributed by atoms with van der Waals surface area (Å²) in [5.41, 5.74) is 12.3. The number of halogens is 1. The quantitative estimate of drug-likeness (QED) is 0.786. The molecule has 0 unspecified atom stereocenters. The lowest BCUT2D eigenvalue weighted by atomic mass is 10.4. The molecule has 2 heterocycles. The van der Waals surface area contributed by atoms with Gasteiger partial charge in [-0.25, -0.2) is 4.98 Å². The number of fused-ring (bicyclic) bond motifs is 1. The molecule has 0 aliphatic carbocycles. The van der Waals surface area contributed by atoms with E-state index in [0.29, 0.717) is 12.4 Å². The normalized spacial score (nSPS) is 10.9. The second-order valence-electron chi connectivity index (χ2n) is 2.69. The number of hydrogen-bond donors (Lipinski definition) is 2. The van der Waals surface area contributed by atoms with Gasteiger partial charge in [-0.15, -0.1) is 0 Å². The van der Waals surface area contributed by atoms with E-state index in [9.17, 15) is 0 Å². The Morgan fingerprint density at radius 2 is 2.23 bits per heavy atom. The van der Waals surface area contributed by atoms with Gasteiger partial charge in [0.05, 0.1) is 12.1 Å². The maximum Gasteiger partial charge on any atom is 0.132 e. The molecule has 0 bridgehead atoms. The zero-order chi connectivity index (χ0) is 9.42. The van der Waals surface area contributed by atoms with Crippen LogP contribution in [0.4, 0.5) is 5.82 Å². The Kier molecular flexibility index (Phi) is 1.97. The average molecular weight is 241 g/mol. The molecule has 4 nitrogen and oxygen atoms in total. The molecule has 0 saturated carbocycles. The van der Waals surface area contributed by atoms with Gasteiger partial charge < -0.3 is 11.5 Å². The van der Waals surface area contributed by atoms with Crippen molar-refractivity contribution in [3.05, 3.63) is 28.6 Å². The lowest BCUT2D eigenvalue weighted by Gasteiger charge is -2.01. The van der Waals surface area contributed by atoms with Gasteiger partial charge in [0.1, 0.15) is 16.2 Å². The second kappa shape index (κ2) is 3.01. The predicted octanol–water partition coefficient (Wildman–Crippen LogP) is 1.14. The van der Waals surface area contributed by atoms with Crippen LogP contribution in [0.1, 0.15) is 5.82 Å². The minimum absolute atomic E-state index is 0.376. The van der Waals surface area contributed by atoms with Crippen molar-refractivity contribution >= 4 is 27.3 Å². The van der Waals surface area contributed by atoms with Crippen molar-refractivity contribution in [3.63, 3.8) is 0 Å². The molecule has 2 aromatic rings. The summed E-state index contributed by atoms with van der Waals surface area (Å²) in [6, 6.07) is 5.64. The van der Waals surface area contributed by atoms with E-state index in [-0.39, 0.29) is 0 Å². The molecule has 2 aromatic heterocycles. The largest absolute Gasteiger partial charge is 0.385 e. The van der Waals surface area contributed by atoms with Crippen molar-refractivity contribution in [3.8, 4) is 0 Å². The maximum absolute atomic E-state index is 5.79. The summed E-state index contributed by atoms with van der Waals surface area (Å²) < 4.78 is 2.62. The number of nitrogen functional groups attached to an aromatic ring is 1. The molecule has 68 valence electrons. The van der Waals surface area contributed by atoms with E-state index in [0.717, 1.165) is 15.9 Å². The Labute approximate surface area is 83.7 Å². The van der Waals surface area contributed by atoms with E-state index >= 15 is 0 Å². The zero-order valence-corrected chi connectivity index (χ0v) is 8.45. The lowest BCUT2D eigenvalue weighted by molar-refractivity contribution is 0.907. The standard InChI is InChI=1S/C8H9BrN4/c9-8-5-2-1-3-6(11)13(5)7(4-10)12-8/h1-3H,4,10-11H2. The number of rotatable bonds is 1. The summed E-state index contributed by atoms with van der Waals surface area (Å²) in [5, 5.41) is 0. The van der Waals surface area contributed by atoms with E-state index in [4.69, 9.17) is 11.5 Å². The van der Waals surface area contributed by atoms with Gasteiger partial charge in [-0.05, 0) is 28.1 Å². The smallest absolute Gasteiger partial charge is 0.132 e. The summed E-state index contributed by atoms with van der Waals surface area (Å²) >= 11 is 3.35. The van der Waals surface area contributed by atoms with E-state index in [2.05, 4.69) is 20.9 Å². The highest BCUT2D eigenvalue weighted by Gasteiger charge is 2.08. The molecule has 0 saturated heterocycles. The fraction of sp³-hybridized carbons (Fsp3) is 0.125. The number of pyridine rings is 1. The maximum atomic E-state index is 5.79. The second-order valence-corrected chi connectivity index (χ2v) is 3.45. The van der Waals surface area contributed by atoms with Crippen LogP contribution < -0.4 is 11.5 Å². The molecule has 5 heteroatoms. The summed E-state index contributed by atoms with van der Waals surface area (Å²) in [4.78, 5) is 4.24. The van der Waals surface area contributed by atoms with Gasteiger partial charge in [-0.2, -0.15) is 0 Å². The van der Waals surface area contributed by atoms with Crippen molar-refractivity contribution in [2.45, 2.75) is 6.54 Å². The molecule has 0 atom stereocenters. The van der Waals surface area contributed by atoms with Gasteiger partial charge in [0.2, 0.25) is 0 Å². The molecule has 0 fully saturated rings. The Morgan fingerprint density at radius 1 is 1.46 bits per heavy atom. The fourth-order valence-electron chi connectivity index (χ4n) is 1.33. The van der Waals surface area contributed by atoms with Crippen molar-refractivity contribution in [1.29, 1.82) is 0 Å². The molecule has 2 rings (SSSR count). The van der Waals surface area contributed by atoms with Crippen molar-refractivity contribution in [2.75, 3.05) is 5.73 Å². The highest BCUT2D eigenvalue weighted by atomic mass is 79.9. The van der Waals surface area contributed by atoms with E-state index < -0.39 is 0 Å². The summed E-state index contributed by atoms with van der Waals surface area (Å²) in [5.74, 6) is 1.41. The van der Waals surface area contributed by atoms with Crippen LogP contribution in [0.3, 0.4) is 0 Å². The minimum atomic E-state index is 0.376. The SMILES string of the molecule is NCc1nc(Br)c2cccc(N)n12. The Bertz CT molecular complexity index is 449. The predicted molar refractivity (Wildman–Crippen MR) is 55.2 cm³/mol. The molecule has 13 heavy (non-hydrogen) atoms. The first-order valence-electron chi connectivity index (χ1n) is 3.85. The molecule has 0 spiro atoms. The monoisotopic (exact) mass is 240 g/mol. The van der Waals surface area contributed by atoms with Gasteiger partial charge >= 0.3 is 0 Å². The topological polar surface area (TPSA) is 69.3 Å². The molecular weight excluding hydrogens is 232 g/mol. The minimum Gasteiger partial charge on any atom is -0.385 e. The van der Waals surface area contributed by atoms with Gasteiger partial charge in [0.15, 0.2) is 0 Å². The number of aromatic nitrogens is 2. The van der Waals surface area contributed by atoms with Crippen molar-refractivity contribution in [1.82, 2.24) is 9.38 Å². The van der Waals surface area contributed by atoms with Crippen LogP contribution in [-0.4, -0.2) is 9.38 Å². The first-order valence-corrected chi connectivity index (χ1v) is 4.64. The number of anilines is 1. The van der Waals surface area contributed by atoms with Gasteiger partial charge in [0.25, 0.3) is 0 Å². The molecule has 4 N–H and O–H groups in total. The van der Waals surface area contributed by atoms with E-state index in [1.54, 1.807) is 0 Å². The molecule has 0 aliphatic heterocycles. The highest BCUT2D eigenvalue weighted by molar-refractivity contribution is 9.10. The van der Waals surface area contributed by atoms with Gasteiger partial charge in [-0.3, -0.25) is 4.40 Å². The molecule has 0 amide bonds. The third-order valence-corrected chi connectivity index (χ3v) is 2.48. The Balaban J connectivity index is 2.89. The van der Waals surface area contributed by atoms with Crippen LogP contribution in [0.25, 0.3) is 5.52 Å².